The SMILES string of the molecule is COc1cc(N=O)cc(OC)c1OC.COc1cc(NC(=O)N[C@@H]2COC[C@H]2N2CCC(Cc3ccc(Cl)cc3)CC2)cc(OC)c1OC.Cl.N[C@@H]1COC[C@H]1N1CCC(Cc2ccc(Cl)cc2)CC1. The Morgan fingerprint density at radius 2 is 1.04 bits per heavy atom. The molecule has 2 amide bonds. The lowest BCUT2D eigenvalue weighted by molar-refractivity contribution is 0.106. The van der Waals surface area contributed by atoms with E-state index < -0.39 is 0 Å². The summed E-state index contributed by atoms with van der Waals surface area (Å²) in [4.78, 5) is 28.1. The number of piperidine rings is 2. The van der Waals surface area contributed by atoms with Crippen LogP contribution in [-0.2, 0) is 22.3 Å². The molecule has 4 aromatic rings. The van der Waals surface area contributed by atoms with Gasteiger partial charge < -0.3 is 54.3 Å². The minimum atomic E-state index is -0.294. The Labute approximate surface area is 428 Å². The van der Waals surface area contributed by atoms with Crippen molar-refractivity contribution in [1.29, 1.82) is 0 Å². The molecule has 8 rings (SSSR count). The standard InChI is InChI=1S/C26H34ClN3O5.C16H23ClN2O.C9H11NO4.ClH/c1-32-23-13-20(14-24(33-2)25(23)34-3)28-26(31)29-21-15-35-16-22(21)30-10-8-18(9-11-30)12-17-4-6-19(27)7-5-17;17-14-3-1-12(2-4-14)9-13-5-7-19(8-6-13)16-11-20-10-15(16)18;1-12-7-4-6(10-11)5-8(13-2)9(7)14-3;/h4-7,13-14,18,21-22H,8-12,15-16H2,1-3H3,(H2,28,29,31);1-4,13,15-16H,5-11,18H2;4-5H,1-3H3;1H/t21-,22-;15-,16-;;/m11../s1. The van der Waals surface area contributed by atoms with Gasteiger partial charge in [0.25, 0.3) is 0 Å². The first-order chi connectivity index (χ1) is 33.5. The quantitative estimate of drug-likeness (QED) is 0.0963. The van der Waals surface area contributed by atoms with Gasteiger partial charge in [0.1, 0.15) is 5.69 Å². The summed E-state index contributed by atoms with van der Waals surface area (Å²) in [6.45, 7) is 6.95. The minimum absolute atomic E-state index is 0. The number of nitrogens with zero attached hydrogens (tertiary/aromatic N) is 3. The molecule has 0 unspecified atom stereocenters. The molecule has 4 N–H and O–H groups in total. The van der Waals surface area contributed by atoms with Gasteiger partial charge in [-0.05, 0) is 117 Å². The number of rotatable bonds is 15. The number of nitrogens with one attached hydrogen (secondary N) is 2. The molecule has 4 heterocycles. The van der Waals surface area contributed by atoms with Gasteiger partial charge in [0, 0.05) is 40.4 Å². The Bertz CT molecular complexity index is 2180. The predicted octanol–water partition coefficient (Wildman–Crippen LogP) is 9.06. The first-order valence-electron chi connectivity index (χ1n) is 23.4. The maximum atomic E-state index is 12.8. The van der Waals surface area contributed by atoms with Crippen LogP contribution in [0.15, 0.2) is 78.0 Å². The van der Waals surface area contributed by atoms with Crippen molar-refractivity contribution in [1.82, 2.24) is 15.1 Å². The second-order valence-corrected chi connectivity index (χ2v) is 18.5. The molecule has 4 aliphatic rings. The molecule has 70 heavy (non-hydrogen) atoms. The van der Waals surface area contributed by atoms with E-state index in [4.69, 9.17) is 66.8 Å². The number of methoxy groups -OCH3 is 6. The normalized spacial score (nSPS) is 20.6. The van der Waals surface area contributed by atoms with E-state index in [0.29, 0.717) is 65.4 Å². The van der Waals surface area contributed by atoms with Gasteiger partial charge in [0.2, 0.25) is 11.5 Å². The fourth-order valence-electron chi connectivity index (χ4n) is 9.47. The summed E-state index contributed by atoms with van der Waals surface area (Å²) in [5, 5.41) is 10.4. The smallest absolute Gasteiger partial charge is 0.319 e. The van der Waals surface area contributed by atoms with Crippen LogP contribution in [0.25, 0.3) is 0 Å². The summed E-state index contributed by atoms with van der Waals surface area (Å²) < 4.78 is 42.4. The van der Waals surface area contributed by atoms with Gasteiger partial charge in [-0.1, -0.05) is 47.5 Å². The van der Waals surface area contributed by atoms with E-state index >= 15 is 0 Å². The number of halogens is 3. The molecule has 0 bridgehead atoms. The Hall–Kier alpha value is -4.78. The zero-order chi connectivity index (χ0) is 49.3. The summed E-state index contributed by atoms with van der Waals surface area (Å²) in [6.07, 6.45) is 7.01. The summed E-state index contributed by atoms with van der Waals surface area (Å²) >= 11 is 11.9. The van der Waals surface area contributed by atoms with Gasteiger partial charge in [-0.3, -0.25) is 9.80 Å². The molecule has 4 fully saturated rings. The van der Waals surface area contributed by atoms with Crippen LogP contribution in [-0.4, -0.2) is 135 Å². The Morgan fingerprint density at radius 3 is 1.44 bits per heavy atom. The lowest BCUT2D eigenvalue weighted by Gasteiger charge is -2.37. The van der Waals surface area contributed by atoms with Crippen molar-refractivity contribution in [3.05, 3.63) is 98.9 Å². The maximum absolute atomic E-state index is 12.8. The second-order valence-electron chi connectivity index (χ2n) is 17.6. The number of ether oxygens (including phenoxy) is 8. The summed E-state index contributed by atoms with van der Waals surface area (Å²) in [7, 11) is 9.08. The van der Waals surface area contributed by atoms with E-state index in [1.807, 2.05) is 24.3 Å². The number of hydrogen-bond acceptors (Lipinski definition) is 14. The van der Waals surface area contributed by atoms with E-state index in [-0.39, 0.29) is 42.3 Å². The number of nitroso groups, excluding NO2 is 1. The van der Waals surface area contributed by atoms with E-state index in [0.717, 1.165) is 81.0 Å². The summed E-state index contributed by atoms with van der Waals surface area (Å²) in [5.41, 5.74) is 9.62. The van der Waals surface area contributed by atoms with Crippen molar-refractivity contribution < 1.29 is 42.7 Å². The van der Waals surface area contributed by atoms with Crippen LogP contribution in [0.3, 0.4) is 0 Å². The highest BCUT2D eigenvalue weighted by atomic mass is 35.5. The fraction of sp³-hybridized carbons (Fsp3) is 0.510. The van der Waals surface area contributed by atoms with Crippen molar-refractivity contribution in [2.24, 2.45) is 22.7 Å². The molecule has 4 saturated heterocycles. The summed E-state index contributed by atoms with van der Waals surface area (Å²) in [5.74, 6) is 4.15. The second kappa shape index (κ2) is 28.3. The number of urea groups is 1. The third-order valence-electron chi connectivity index (χ3n) is 13.2. The van der Waals surface area contributed by atoms with Crippen molar-refractivity contribution in [2.75, 3.05) is 101 Å². The zero-order valence-electron chi connectivity index (χ0n) is 41.0. The molecule has 0 saturated carbocycles. The minimum Gasteiger partial charge on any atom is -0.493 e. The molecular formula is C51H69Cl3N6O10. The third kappa shape index (κ3) is 15.6. The van der Waals surface area contributed by atoms with Gasteiger partial charge in [0.15, 0.2) is 23.0 Å². The molecule has 16 nitrogen and oxygen atoms in total. The highest BCUT2D eigenvalue weighted by Crippen LogP contribution is 2.41. The van der Waals surface area contributed by atoms with Crippen LogP contribution in [0, 0.1) is 16.7 Å². The average Bonchev–Trinajstić information content (AvgIpc) is 4.03. The molecule has 4 atom stereocenters. The number of carbonyl (C=O) groups excluding carboxylic acids is 1. The van der Waals surface area contributed by atoms with Crippen LogP contribution in [0.5, 0.6) is 34.5 Å². The number of likely N-dealkylation sites (tertiary alicyclic amines) is 2. The highest BCUT2D eigenvalue weighted by molar-refractivity contribution is 6.30. The lowest BCUT2D eigenvalue weighted by atomic mass is 9.89. The van der Waals surface area contributed by atoms with Crippen molar-refractivity contribution in [2.45, 2.75) is 62.7 Å². The highest BCUT2D eigenvalue weighted by Gasteiger charge is 2.36. The molecule has 384 valence electrons. The van der Waals surface area contributed by atoms with Gasteiger partial charge in [-0.15, -0.1) is 17.3 Å². The molecule has 0 aromatic heterocycles. The van der Waals surface area contributed by atoms with E-state index in [1.54, 1.807) is 33.5 Å². The molecule has 0 spiro atoms. The lowest BCUT2D eigenvalue weighted by Crippen LogP contribution is -2.54. The van der Waals surface area contributed by atoms with Crippen molar-refractivity contribution >= 4 is 53.0 Å². The molecule has 4 aromatic carbocycles. The number of benzene rings is 4. The fourth-order valence-corrected chi connectivity index (χ4v) is 9.72. The van der Waals surface area contributed by atoms with Gasteiger partial charge in [-0.25, -0.2) is 4.79 Å². The number of hydrogen-bond donors (Lipinski definition) is 3. The molecule has 4 aliphatic heterocycles. The predicted molar refractivity (Wildman–Crippen MR) is 277 cm³/mol. The molecular weight excluding hydrogens is 963 g/mol. The number of carbonyl (C=O) groups is 1. The Morgan fingerprint density at radius 1 is 0.629 bits per heavy atom. The largest absolute Gasteiger partial charge is 0.493 e. The number of anilines is 1. The number of amides is 2. The van der Waals surface area contributed by atoms with Crippen LogP contribution < -0.4 is 44.8 Å². The van der Waals surface area contributed by atoms with E-state index in [2.05, 4.69) is 49.9 Å². The van der Waals surface area contributed by atoms with Crippen LogP contribution in [0.2, 0.25) is 10.0 Å². The Kier molecular flexibility index (Phi) is 22.7. The Balaban J connectivity index is 0.000000219. The van der Waals surface area contributed by atoms with E-state index in [9.17, 15) is 9.70 Å². The molecule has 0 radical (unpaired) electrons. The van der Waals surface area contributed by atoms with E-state index in [1.165, 1.54) is 57.4 Å². The van der Waals surface area contributed by atoms with Crippen LogP contribution >= 0.6 is 35.6 Å². The van der Waals surface area contributed by atoms with Gasteiger partial charge >= 0.3 is 6.03 Å². The maximum Gasteiger partial charge on any atom is 0.319 e. The average molecular weight is 1030 g/mol. The van der Waals surface area contributed by atoms with Crippen molar-refractivity contribution in [3.8, 4) is 34.5 Å². The summed E-state index contributed by atoms with van der Waals surface area (Å²) in [6, 6.07) is 23.2. The topological polar surface area (TPSA) is 177 Å². The van der Waals surface area contributed by atoms with Crippen LogP contribution in [0.1, 0.15) is 36.8 Å². The first-order valence-corrected chi connectivity index (χ1v) is 24.1. The van der Waals surface area contributed by atoms with Gasteiger partial charge in [-0.2, -0.15) is 0 Å². The third-order valence-corrected chi connectivity index (χ3v) is 13.8. The van der Waals surface area contributed by atoms with Crippen molar-refractivity contribution in [3.63, 3.8) is 0 Å². The number of nitrogens with two attached hydrogens (primary N) is 1. The zero-order valence-corrected chi connectivity index (χ0v) is 43.3. The van der Waals surface area contributed by atoms with Gasteiger partial charge in [0.05, 0.1) is 92.9 Å². The van der Waals surface area contributed by atoms with Crippen LogP contribution in [0.4, 0.5) is 16.2 Å². The monoisotopic (exact) mass is 1030 g/mol. The first kappa shape index (κ1) is 56.1. The molecule has 0 aliphatic carbocycles. The molecule has 19 heteroatoms.